The molecule has 3 heterocycles. The predicted octanol–water partition coefficient (Wildman–Crippen LogP) is 3.37. The van der Waals surface area contributed by atoms with E-state index in [9.17, 15) is 0 Å². The summed E-state index contributed by atoms with van der Waals surface area (Å²) in [5.74, 6) is 1.28. The van der Waals surface area contributed by atoms with Gasteiger partial charge >= 0.3 is 0 Å². The average molecular weight is 274 g/mol. The predicted molar refractivity (Wildman–Crippen MR) is 71.2 cm³/mol. The molecule has 0 saturated heterocycles. The lowest BCUT2D eigenvalue weighted by Crippen LogP contribution is -2.02. The quantitative estimate of drug-likeness (QED) is 0.567. The highest BCUT2D eigenvalue weighted by atomic mass is 35.5. The maximum Gasteiger partial charge on any atom is 0.226 e. The van der Waals surface area contributed by atoms with Gasteiger partial charge in [-0.05, 0) is 23.7 Å². The standard InChI is InChI=1S/C12H8ClN5O/c1-14-8-6-16-11-9(8)10(17-12(13)18-11)15-5-7-3-2-4-19-7/h2-4,6H,5H2,(H2,15,16,17,18). The second-order valence-electron chi connectivity index (χ2n) is 3.78. The van der Waals surface area contributed by atoms with E-state index in [1.807, 2.05) is 6.07 Å². The molecule has 0 saturated carbocycles. The minimum atomic E-state index is 0.118. The summed E-state index contributed by atoms with van der Waals surface area (Å²) in [6, 6.07) is 3.65. The smallest absolute Gasteiger partial charge is 0.226 e. The second kappa shape index (κ2) is 4.63. The Labute approximate surface area is 113 Å². The molecule has 2 N–H and O–H groups in total. The first-order chi connectivity index (χ1) is 9.28. The molecule has 19 heavy (non-hydrogen) atoms. The molecule has 0 aromatic carbocycles. The van der Waals surface area contributed by atoms with Crippen LogP contribution in [0.4, 0.5) is 11.5 Å². The third-order valence-electron chi connectivity index (χ3n) is 2.61. The van der Waals surface area contributed by atoms with Crippen LogP contribution in [0.3, 0.4) is 0 Å². The Balaban J connectivity index is 2.01. The van der Waals surface area contributed by atoms with E-state index in [0.717, 1.165) is 5.76 Å². The van der Waals surface area contributed by atoms with Gasteiger partial charge in [0, 0.05) is 6.20 Å². The molecule has 0 aliphatic carbocycles. The van der Waals surface area contributed by atoms with Crippen LogP contribution in [0.5, 0.6) is 0 Å². The van der Waals surface area contributed by atoms with Gasteiger partial charge in [0.1, 0.15) is 17.2 Å². The summed E-state index contributed by atoms with van der Waals surface area (Å²) in [6.45, 7) is 7.59. The van der Waals surface area contributed by atoms with Crippen molar-refractivity contribution in [3.05, 3.63) is 47.1 Å². The fraction of sp³-hybridized carbons (Fsp3) is 0.0833. The zero-order valence-corrected chi connectivity index (χ0v) is 10.4. The van der Waals surface area contributed by atoms with E-state index in [-0.39, 0.29) is 5.28 Å². The topological polar surface area (TPSA) is 71.1 Å². The van der Waals surface area contributed by atoms with Crippen LogP contribution in [-0.2, 0) is 6.54 Å². The Morgan fingerprint density at radius 3 is 3.11 bits per heavy atom. The van der Waals surface area contributed by atoms with Crippen LogP contribution in [0.2, 0.25) is 5.28 Å². The van der Waals surface area contributed by atoms with Crippen LogP contribution in [-0.4, -0.2) is 15.0 Å². The highest BCUT2D eigenvalue weighted by Crippen LogP contribution is 2.31. The van der Waals surface area contributed by atoms with Gasteiger partial charge < -0.3 is 14.7 Å². The Hall–Kier alpha value is -2.52. The third-order valence-corrected chi connectivity index (χ3v) is 2.78. The van der Waals surface area contributed by atoms with Gasteiger partial charge in [0.15, 0.2) is 0 Å². The van der Waals surface area contributed by atoms with Crippen molar-refractivity contribution in [1.29, 1.82) is 0 Å². The Morgan fingerprint density at radius 1 is 1.47 bits per heavy atom. The SMILES string of the molecule is [C-]#[N+]c1c[nH]c2nc(Cl)nc(NCc3ccco3)c12. The van der Waals surface area contributed by atoms with Crippen molar-refractivity contribution in [2.75, 3.05) is 5.32 Å². The Morgan fingerprint density at radius 2 is 2.37 bits per heavy atom. The summed E-state index contributed by atoms with van der Waals surface area (Å²) in [5.41, 5.74) is 0.988. The number of hydrogen-bond donors (Lipinski definition) is 2. The lowest BCUT2D eigenvalue weighted by molar-refractivity contribution is 0.518. The van der Waals surface area contributed by atoms with E-state index in [4.69, 9.17) is 22.6 Å². The van der Waals surface area contributed by atoms with Crippen LogP contribution in [0.15, 0.2) is 29.0 Å². The number of anilines is 1. The molecule has 94 valence electrons. The number of furan rings is 1. The van der Waals surface area contributed by atoms with E-state index >= 15 is 0 Å². The van der Waals surface area contributed by atoms with Gasteiger partial charge in [0.2, 0.25) is 11.0 Å². The average Bonchev–Trinajstić information content (AvgIpc) is 3.04. The fourth-order valence-electron chi connectivity index (χ4n) is 1.79. The molecular weight excluding hydrogens is 266 g/mol. The van der Waals surface area contributed by atoms with E-state index in [1.54, 1.807) is 18.5 Å². The summed E-state index contributed by atoms with van der Waals surface area (Å²) in [4.78, 5) is 14.5. The van der Waals surface area contributed by atoms with Crippen molar-refractivity contribution in [3.8, 4) is 0 Å². The summed E-state index contributed by atoms with van der Waals surface area (Å²) < 4.78 is 5.23. The number of aromatic amines is 1. The molecule has 0 radical (unpaired) electrons. The molecule has 0 fully saturated rings. The summed E-state index contributed by atoms with van der Waals surface area (Å²) >= 11 is 5.85. The van der Waals surface area contributed by atoms with Gasteiger partial charge in [-0.15, -0.1) is 0 Å². The number of H-pyrrole nitrogens is 1. The van der Waals surface area contributed by atoms with Crippen LogP contribution in [0.25, 0.3) is 15.9 Å². The van der Waals surface area contributed by atoms with Crippen molar-refractivity contribution in [2.45, 2.75) is 6.54 Å². The lowest BCUT2D eigenvalue weighted by atomic mass is 10.3. The number of aromatic nitrogens is 3. The van der Waals surface area contributed by atoms with Crippen LogP contribution in [0, 0.1) is 6.57 Å². The van der Waals surface area contributed by atoms with E-state index < -0.39 is 0 Å². The number of halogens is 1. The summed E-state index contributed by atoms with van der Waals surface area (Å²) in [5, 5.41) is 3.85. The van der Waals surface area contributed by atoms with E-state index in [1.165, 1.54) is 0 Å². The molecule has 6 nitrogen and oxygen atoms in total. The first kappa shape index (κ1) is 11.6. The molecule has 0 amide bonds. The summed E-state index contributed by atoms with van der Waals surface area (Å²) in [6.07, 6.45) is 3.18. The Kier molecular flexibility index (Phi) is 2.82. The van der Waals surface area contributed by atoms with Crippen molar-refractivity contribution in [3.63, 3.8) is 0 Å². The van der Waals surface area contributed by atoms with Gasteiger partial charge in [-0.25, -0.2) is 14.8 Å². The second-order valence-corrected chi connectivity index (χ2v) is 4.12. The molecule has 3 aromatic rings. The maximum absolute atomic E-state index is 7.13. The van der Waals surface area contributed by atoms with Crippen LogP contribution >= 0.6 is 11.6 Å². The normalized spacial score (nSPS) is 10.5. The maximum atomic E-state index is 7.13. The van der Waals surface area contributed by atoms with Crippen LogP contribution in [0.1, 0.15) is 5.76 Å². The lowest BCUT2D eigenvalue weighted by Gasteiger charge is -2.06. The molecule has 7 heteroatoms. The van der Waals surface area contributed by atoms with Crippen molar-refractivity contribution in [1.82, 2.24) is 15.0 Å². The van der Waals surface area contributed by atoms with Crippen LogP contribution < -0.4 is 5.32 Å². The van der Waals surface area contributed by atoms with Crippen molar-refractivity contribution < 1.29 is 4.42 Å². The monoisotopic (exact) mass is 273 g/mol. The third kappa shape index (κ3) is 2.11. The molecular formula is C12H8ClN5O. The first-order valence-corrected chi connectivity index (χ1v) is 5.84. The number of rotatable bonds is 3. The number of hydrogen-bond acceptors (Lipinski definition) is 4. The molecule has 3 aromatic heterocycles. The molecule has 0 bridgehead atoms. The van der Waals surface area contributed by atoms with Gasteiger partial charge in [-0.2, -0.15) is 0 Å². The van der Waals surface area contributed by atoms with Gasteiger partial charge in [0.05, 0.1) is 24.8 Å². The minimum Gasteiger partial charge on any atom is -0.467 e. The van der Waals surface area contributed by atoms with Crippen molar-refractivity contribution >= 4 is 34.1 Å². The highest BCUT2D eigenvalue weighted by Gasteiger charge is 2.13. The van der Waals surface area contributed by atoms with Gasteiger partial charge in [0.25, 0.3) is 0 Å². The molecule has 0 aliphatic rings. The Bertz CT molecular complexity index is 756. The number of nitrogens with zero attached hydrogens (tertiary/aromatic N) is 3. The van der Waals surface area contributed by atoms with Crippen molar-refractivity contribution in [2.24, 2.45) is 0 Å². The summed E-state index contributed by atoms with van der Waals surface area (Å²) in [7, 11) is 0. The van der Waals surface area contributed by atoms with Gasteiger partial charge in [-0.3, -0.25) is 0 Å². The largest absolute Gasteiger partial charge is 0.467 e. The molecule has 0 aliphatic heterocycles. The zero-order valence-electron chi connectivity index (χ0n) is 9.64. The molecule has 0 atom stereocenters. The molecule has 0 spiro atoms. The van der Waals surface area contributed by atoms with E-state index in [2.05, 4.69) is 25.1 Å². The van der Waals surface area contributed by atoms with Gasteiger partial charge in [-0.1, -0.05) is 0 Å². The minimum absolute atomic E-state index is 0.118. The van der Waals surface area contributed by atoms with E-state index in [0.29, 0.717) is 29.1 Å². The fourth-order valence-corrected chi connectivity index (χ4v) is 1.96. The number of fused-ring (bicyclic) bond motifs is 1. The molecule has 3 rings (SSSR count). The number of nitrogens with one attached hydrogen (secondary N) is 2. The first-order valence-electron chi connectivity index (χ1n) is 5.46. The zero-order chi connectivity index (χ0) is 13.2. The molecule has 0 unspecified atom stereocenters. The highest BCUT2D eigenvalue weighted by molar-refractivity contribution is 6.29.